The van der Waals surface area contributed by atoms with E-state index in [2.05, 4.69) is 11.1 Å². The van der Waals surface area contributed by atoms with Gasteiger partial charge in [0, 0.05) is 20.3 Å². The van der Waals surface area contributed by atoms with Crippen LogP contribution in [0.3, 0.4) is 0 Å². The molecule has 5 heteroatoms. The van der Waals surface area contributed by atoms with Gasteiger partial charge in [0.2, 0.25) is 0 Å². The fourth-order valence-electron chi connectivity index (χ4n) is 1.81. The summed E-state index contributed by atoms with van der Waals surface area (Å²) in [6, 6.07) is 7.66. The first-order valence-electron chi connectivity index (χ1n) is 5.38. The summed E-state index contributed by atoms with van der Waals surface area (Å²) in [6.07, 6.45) is 0.897. The highest BCUT2D eigenvalue weighted by Crippen LogP contribution is 2.16. The number of imidazole rings is 1. The number of nitrogens with zero attached hydrogens (tertiary/aromatic N) is 2. The zero-order chi connectivity index (χ0) is 12.3. The van der Waals surface area contributed by atoms with Crippen LogP contribution in [0.2, 0.25) is 0 Å². The van der Waals surface area contributed by atoms with Gasteiger partial charge in [0.25, 0.3) is 0 Å². The van der Waals surface area contributed by atoms with Crippen LogP contribution in [0, 0.1) is 16.1 Å². The number of H-pyrrole nitrogens is 1. The normalized spacial score (nSPS) is 10.6. The molecule has 1 N–H and O–H groups in total. The van der Waals surface area contributed by atoms with Crippen LogP contribution in [0.5, 0.6) is 0 Å². The van der Waals surface area contributed by atoms with E-state index in [1.807, 2.05) is 16.7 Å². The first kappa shape index (κ1) is 11.8. The van der Waals surface area contributed by atoms with Crippen molar-refractivity contribution in [1.82, 2.24) is 9.55 Å². The molecule has 88 valence electrons. The van der Waals surface area contributed by atoms with Crippen molar-refractivity contribution in [3.05, 3.63) is 28.5 Å². The van der Waals surface area contributed by atoms with Crippen LogP contribution in [-0.2, 0) is 11.3 Å². The van der Waals surface area contributed by atoms with Crippen LogP contribution in [0.1, 0.15) is 12.0 Å². The van der Waals surface area contributed by atoms with E-state index < -0.39 is 0 Å². The Morgan fingerprint density at radius 1 is 1.53 bits per heavy atom. The summed E-state index contributed by atoms with van der Waals surface area (Å²) in [4.78, 5) is 3.13. The molecule has 0 spiro atoms. The predicted octanol–water partition coefficient (Wildman–Crippen LogP) is 2.61. The number of ether oxygens (including phenoxy) is 1. The van der Waals surface area contributed by atoms with Gasteiger partial charge >= 0.3 is 0 Å². The SMILES string of the molecule is COCCCn1c(=S)[nH]c2ccc(C#N)cc21. The van der Waals surface area contributed by atoms with Gasteiger partial charge in [0.15, 0.2) is 4.77 Å². The third kappa shape index (κ3) is 2.38. The lowest BCUT2D eigenvalue weighted by atomic mass is 10.2. The zero-order valence-electron chi connectivity index (χ0n) is 9.56. The highest BCUT2D eigenvalue weighted by atomic mass is 32.1. The smallest absolute Gasteiger partial charge is 0.178 e. The maximum Gasteiger partial charge on any atom is 0.178 e. The van der Waals surface area contributed by atoms with Gasteiger partial charge in [-0.3, -0.25) is 0 Å². The summed E-state index contributed by atoms with van der Waals surface area (Å²) in [5, 5.41) is 8.89. The number of aromatic nitrogens is 2. The van der Waals surface area contributed by atoms with Gasteiger partial charge in [-0.25, -0.2) is 0 Å². The number of nitriles is 1. The number of hydrogen-bond acceptors (Lipinski definition) is 3. The molecule has 2 aromatic rings. The Morgan fingerprint density at radius 3 is 3.06 bits per heavy atom. The molecule has 2 rings (SSSR count). The Morgan fingerprint density at radius 2 is 2.35 bits per heavy atom. The maximum atomic E-state index is 8.89. The largest absolute Gasteiger partial charge is 0.385 e. The summed E-state index contributed by atoms with van der Waals surface area (Å²) < 4.78 is 7.72. The van der Waals surface area contributed by atoms with E-state index in [0.717, 1.165) is 24.0 Å². The first-order valence-corrected chi connectivity index (χ1v) is 5.78. The topological polar surface area (TPSA) is 53.7 Å². The average Bonchev–Trinajstić information content (AvgIpc) is 2.65. The van der Waals surface area contributed by atoms with Crippen LogP contribution in [0.4, 0.5) is 0 Å². The molecule has 0 saturated heterocycles. The van der Waals surface area contributed by atoms with E-state index in [9.17, 15) is 0 Å². The molecule has 0 aliphatic rings. The van der Waals surface area contributed by atoms with Gasteiger partial charge in [-0.15, -0.1) is 0 Å². The number of aromatic amines is 1. The second kappa shape index (κ2) is 5.13. The molecule has 1 heterocycles. The minimum absolute atomic E-state index is 0.645. The van der Waals surface area contributed by atoms with Crippen molar-refractivity contribution in [3.8, 4) is 6.07 Å². The molecule has 1 aromatic heterocycles. The molecule has 0 atom stereocenters. The number of hydrogen-bond donors (Lipinski definition) is 1. The van der Waals surface area contributed by atoms with Crippen molar-refractivity contribution in [2.24, 2.45) is 0 Å². The van der Waals surface area contributed by atoms with Crippen molar-refractivity contribution in [1.29, 1.82) is 5.26 Å². The molecule has 0 aliphatic heterocycles. The van der Waals surface area contributed by atoms with E-state index in [-0.39, 0.29) is 0 Å². The average molecular weight is 247 g/mol. The molecule has 0 radical (unpaired) electrons. The van der Waals surface area contributed by atoms with Crippen LogP contribution < -0.4 is 0 Å². The Balaban J connectivity index is 2.42. The minimum atomic E-state index is 0.645. The fourth-order valence-corrected chi connectivity index (χ4v) is 2.11. The molecule has 4 nitrogen and oxygen atoms in total. The molecule has 0 aliphatic carbocycles. The quantitative estimate of drug-likeness (QED) is 0.667. The molecule has 0 fully saturated rings. The van der Waals surface area contributed by atoms with Crippen molar-refractivity contribution >= 4 is 23.3 Å². The van der Waals surface area contributed by atoms with Gasteiger partial charge in [-0.2, -0.15) is 5.26 Å². The van der Waals surface area contributed by atoms with Gasteiger partial charge in [0.05, 0.1) is 22.7 Å². The van der Waals surface area contributed by atoms with Crippen molar-refractivity contribution in [3.63, 3.8) is 0 Å². The van der Waals surface area contributed by atoms with Crippen LogP contribution in [-0.4, -0.2) is 23.3 Å². The number of rotatable bonds is 4. The second-order valence-electron chi connectivity index (χ2n) is 3.77. The van der Waals surface area contributed by atoms with Crippen molar-refractivity contribution in [2.45, 2.75) is 13.0 Å². The number of methoxy groups -OCH3 is 1. The van der Waals surface area contributed by atoms with E-state index in [4.69, 9.17) is 22.2 Å². The Hall–Kier alpha value is -1.64. The van der Waals surface area contributed by atoms with E-state index in [0.29, 0.717) is 16.9 Å². The second-order valence-corrected chi connectivity index (χ2v) is 4.16. The molecule has 0 unspecified atom stereocenters. The molecule has 0 saturated carbocycles. The van der Waals surface area contributed by atoms with Crippen molar-refractivity contribution < 1.29 is 4.74 Å². The zero-order valence-corrected chi connectivity index (χ0v) is 10.4. The van der Waals surface area contributed by atoms with Crippen LogP contribution >= 0.6 is 12.2 Å². The Bertz CT molecular complexity index is 621. The maximum absolute atomic E-state index is 8.89. The van der Waals surface area contributed by atoms with E-state index >= 15 is 0 Å². The standard InChI is InChI=1S/C12H13N3OS/c1-16-6-2-5-15-11-7-9(8-13)3-4-10(11)14-12(15)17/h3-4,7H,2,5-6H2,1H3,(H,14,17). The Kier molecular flexibility index (Phi) is 3.57. The summed E-state index contributed by atoms with van der Waals surface area (Å²) >= 11 is 5.27. The van der Waals surface area contributed by atoms with Gasteiger partial charge in [0.1, 0.15) is 0 Å². The molecular formula is C12H13N3OS. The number of fused-ring (bicyclic) bond motifs is 1. The van der Waals surface area contributed by atoms with E-state index in [1.165, 1.54) is 0 Å². The predicted molar refractivity (Wildman–Crippen MR) is 68.3 cm³/mol. The highest BCUT2D eigenvalue weighted by molar-refractivity contribution is 7.71. The molecule has 0 amide bonds. The van der Waals surface area contributed by atoms with E-state index in [1.54, 1.807) is 13.2 Å². The minimum Gasteiger partial charge on any atom is -0.385 e. The van der Waals surface area contributed by atoms with Gasteiger partial charge in [-0.05, 0) is 36.8 Å². The summed E-state index contributed by atoms with van der Waals surface area (Å²) in [6.45, 7) is 1.49. The highest BCUT2D eigenvalue weighted by Gasteiger charge is 2.04. The molecular weight excluding hydrogens is 234 g/mol. The third-order valence-electron chi connectivity index (χ3n) is 2.63. The van der Waals surface area contributed by atoms with Gasteiger partial charge < -0.3 is 14.3 Å². The van der Waals surface area contributed by atoms with Gasteiger partial charge in [-0.1, -0.05) is 0 Å². The molecule has 1 aromatic carbocycles. The Labute approximate surface area is 104 Å². The number of benzene rings is 1. The lowest BCUT2D eigenvalue weighted by molar-refractivity contribution is 0.190. The number of nitrogens with one attached hydrogen (secondary N) is 1. The van der Waals surface area contributed by atoms with Crippen molar-refractivity contribution in [2.75, 3.05) is 13.7 Å². The summed E-state index contributed by atoms with van der Waals surface area (Å²) in [5.74, 6) is 0. The molecule has 17 heavy (non-hydrogen) atoms. The lowest BCUT2D eigenvalue weighted by Crippen LogP contribution is -2.01. The first-order chi connectivity index (χ1) is 8.26. The number of aryl methyl sites for hydroxylation is 1. The lowest BCUT2D eigenvalue weighted by Gasteiger charge is -2.03. The fraction of sp³-hybridized carbons (Fsp3) is 0.333. The molecule has 0 bridgehead atoms. The summed E-state index contributed by atoms with van der Waals surface area (Å²) in [5.41, 5.74) is 2.59. The summed E-state index contributed by atoms with van der Waals surface area (Å²) in [7, 11) is 1.68. The van der Waals surface area contributed by atoms with Crippen LogP contribution in [0.15, 0.2) is 18.2 Å². The monoisotopic (exact) mass is 247 g/mol. The van der Waals surface area contributed by atoms with Crippen LogP contribution in [0.25, 0.3) is 11.0 Å². The third-order valence-corrected chi connectivity index (χ3v) is 2.96.